The zero-order valence-electron chi connectivity index (χ0n) is 15.4. The SMILES string of the molecule is Cc1ccc(-c2n[nH]c(-c3ccccc3)n2)cc1S(=O)(=O)NC(C)(C)CO. The van der Waals surface area contributed by atoms with Crippen molar-refractivity contribution < 1.29 is 13.5 Å². The summed E-state index contributed by atoms with van der Waals surface area (Å²) in [6.45, 7) is 4.64. The molecule has 0 saturated carbocycles. The summed E-state index contributed by atoms with van der Waals surface area (Å²) >= 11 is 0. The van der Waals surface area contributed by atoms with Crippen LogP contribution in [-0.2, 0) is 10.0 Å². The van der Waals surface area contributed by atoms with Crippen LogP contribution >= 0.6 is 0 Å². The van der Waals surface area contributed by atoms with Crippen LogP contribution < -0.4 is 4.72 Å². The van der Waals surface area contributed by atoms with Crippen LogP contribution in [0, 0.1) is 6.92 Å². The van der Waals surface area contributed by atoms with Gasteiger partial charge < -0.3 is 5.11 Å². The van der Waals surface area contributed by atoms with Gasteiger partial charge in [-0.2, -0.15) is 5.10 Å². The number of aliphatic hydroxyl groups excluding tert-OH is 1. The van der Waals surface area contributed by atoms with E-state index in [0.29, 0.717) is 22.8 Å². The third-order valence-electron chi connectivity index (χ3n) is 4.07. The van der Waals surface area contributed by atoms with Gasteiger partial charge in [0.25, 0.3) is 0 Å². The fourth-order valence-corrected chi connectivity index (χ4v) is 4.27. The van der Waals surface area contributed by atoms with Crippen molar-refractivity contribution in [2.75, 3.05) is 6.61 Å². The minimum absolute atomic E-state index is 0.132. The fraction of sp³-hybridized carbons (Fsp3) is 0.263. The monoisotopic (exact) mass is 386 g/mol. The van der Waals surface area contributed by atoms with Gasteiger partial charge in [0.15, 0.2) is 11.6 Å². The number of nitrogens with one attached hydrogen (secondary N) is 2. The molecule has 0 bridgehead atoms. The van der Waals surface area contributed by atoms with Crippen molar-refractivity contribution in [2.45, 2.75) is 31.2 Å². The average Bonchev–Trinajstić information content (AvgIpc) is 3.12. The second-order valence-electron chi connectivity index (χ2n) is 7.00. The van der Waals surface area contributed by atoms with Gasteiger partial charge in [0.1, 0.15) is 0 Å². The maximum Gasteiger partial charge on any atom is 0.241 e. The van der Waals surface area contributed by atoms with Crippen molar-refractivity contribution in [1.82, 2.24) is 19.9 Å². The summed E-state index contributed by atoms with van der Waals surface area (Å²) in [6.07, 6.45) is 0. The Labute approximate surface area is 158 Å². The highest BCUT2D eigenvalue weighted by Crippen LogP contribution is 2.25. The molecule has 3 rings (SSSR count). The molecule has 3 aromatic rings. The molecule has 0 atom stereocenters. The maximum absolute atomic E-state index is 12.8. The third kappa shape index (κ3) is 4.24. The molecule has 0 aliphatic heterocycles. The van der Waals surface area contributed by atoms with E-state index in [1.54, 1.807) is 39.0 Å². The fourth-order valence-electron chi connectivity index (χ4n) is 2.60. The zero-order valence-corrected chi connectivity index (χ0v) is 16.2. The van der Waals surface area contributed by atoms with E-state index in [1.165, 1.54) is 0 Å². The number of hydrogen-bond acceptors (Lipinski definition) is 5. The van der Waals surface area contributed by atoms with Crippen LogP contribution in [0.2, 0.25) is 0 Å². The summed E-state index contributed by atoms with van der Waals surface area (Å²) < 4.78 is 28.1. The molecule has 0 unspecified atom stereocenters. The number of aliphatic hydroxyl groups is 1. The van der Waals surface area contributed by atoms with Crippen molar-refractivity contribution in [3.63, 3.8) is 0 Å². The Morgan fingerprint density at radius 2 is 1.81 bits per heavy atom. The van der Waals surface area contributed by atoms with Crippen LogP contribution in [0.25, 0.3) is 22.8 Å². The molecule has 3 N–H and O–H groups in total. The highest BCUT2D eigenvalue weighted by atomic mass is 32.2. The van der Waals surface area contributed by atoms with Crippen molar-refractivity contribution in [3.05, 3.63) is 54.1 Å². The molecule has 0 radical (unpaired) electrons. The first-order valence-electron chi connectivity index (χ1n) is 8.45. The van der Waals surface area contributed by atoms with Gasteiger partial charge in [0, 0.05) is 11.1 Å². The molecule has 0 amide bonds. The van der Waals surface area contributed by atoms with Crippen molar-refractivity contribution in [1.29, 1.82) is 0 Å². The van der Waals surface area contributed by atoms with E-state index in [2.05, 4.69) is 19.9 Å². The predicted molar refractivity (Wildman–Crippen MR) is 103 cm³/mol. The van der Waals surface area contributed by atoms with Crippen molar-refractivity contribution >= 4 is 10.0 Å². The van der Waals surface area contributed by atoms with Gasteiger partial charge in [0.2, 0.25) is 10.0 Å². The van der Waals surface area contributed by atoms with Gasteiger partial charge >= 0.3 is 0 Å². The summed E-state index contributed by atoms with van der Waals surface area (Å²) in [5.41, 5.74) is 1.11. The molecule has 1 aromatic heterocycles. The summed E-state index contributed by atoms with van der Waals surface area (Å²) in [5, 5.41) is 16.5. The minimum atomic E-state index is -3.81. The topological polar surface area (TPSA) is 108 Å². The Balaban J connectivity index is 1.98. The molecular formula is C19H22N4O3S. The third-order valence-corrected chi connectivity index (χ3v) is 5.91. The molecular weight excluding hydrogens is 364 g/mol. The van der Waals surface area contributed by atoms with Crippen molar-refractivity contribution in [3.8, 4) is 22.8 Å². The van der Waals surface area contributed by atoms with E-state index in [-0.39, 0.29) is 11.5 Å². The Morgan fingerprint density at radius 3 is 2.48 bits per heavy atom. The standard InChI is InChI=1S/C19H22N4O3S/c1-13-9-10-15(11-16(13)27(25,26)23-19(2,3)12-24)18-20-17(21-22-18)14-7-5-4-6-8-14/h4-11,23-24H,12H2,1-3H3,(H,20,21,22). The molecule has 7 nitrogen and oxygen atoms in total. The molecule has 0 spiro atoms. The van der Waals surface area contributed by atoms with Crippen LogP contribution in [0.5, 0.6) is 0 Å². The molecule has 142 valence electrons. The van der Waals surface area contributed by atoms with Crippen LogP contribution in [-0.4, -0.2) is 40.9 Å². The minimum Gasteiger partial charge on any atom is -0.394 e. The average molecular weight is 386 g/mol. The van der Waals surface area contributed by atoms with E-state index >= 15 is 0 Å². The van der Waals surface area contributed by atoms with Crippen LogP contribution in [0.3, 0.4) is 0 Å². The molecule has 0 fully saturated rings. The zero-order chi connectivity index (χ0) is 19.7. The lowest BCUT2D eigenvalue weighted by Crippen LogP contribution is -2.46. The first-order valence-corrected chi connectivity index (χ1v) is 9.94. The maximum atomic E-state index is 12.8. The van der Waals surface area contributed by atoms with Gasteiger partial charge in [0.05, 0.1) is 17.0 Å². The summed E-state index contributed by atoms with van der Waals surface area (Å²) in [4.78, 5) is 4.60. The Bertz CT molecular complexity index is 1040. The molecule has 27 heavy (non-hydrogen) atoms. The Kier molecular flexibility index (Phi) is 5.14. The van der Waals surface area contributed by atoms with Crippen LogP contribution in [0.1, 0.15) is 19.4 Å². The van der Waals surface area contributed by atoms with Gasteiger partial charge in [-0.15, -0.1) is 0 Å². The number of nitrogens with zero attached hydrogens (tertiary/aromatic N) is 2. The van der Waals surface area contributed by atoms with Gasteiger partial charge in [-0.3, -0.25) is 5.10 Å². The Morgan fingerprint density at radius 1 is 1.11 bits per heavy atom. The van der Waals surface area contributed by atoms with E-state index in [4.69, 9.17) is 0 Å². The van der Waals surface area contributed by atoms with E-state index in [1.807, 2.05) is 30.3 Å². The lowest BCUT2D eigenvalue weighted by molar-refractivity contribution is 0.208. The second kappa shape index (κ2) is 7.22. The highest BCUT2D eigenvalue weighted by molar-refractivity contribution is 7.89. The molecule has 0 aliphatic carbocycles. The molecule has 0 aliphatic rings. The number of H-pyrrole nitrogens is 1. The lowest BCUT2D eigenvalue weighted by Gasteiger charge is -2.23. The largest absolute Gasteiger partial charge is 0.394 e. The normalized spacial score (nSPS) is 12.3. The van der Waals surface area contributed by atoms with Gasteiger partial charge in [-0.25, -0.2) is 18.1 Å². The molecule has 8 heteroatoms. The van der Waals surface area contributed by atoms with Crippen molar-refractivity contribution in [2.24, 2.45) is 0 Å². The number of benzene rings is 2. The van der Waals surface area contributed by atoms with Crippen LogP contribution in [0.4, 0.5) is 0 Å². The molecule has 2 aromatic carbocycles. The number of hydrogen-bond donors (Lipinski definition) is 3. The highest BCUT2D eigenvalue weighted by Gasteiger charge is 2.27. The first-order chi connectivity index (χ1) is 12.7. The summed E-state index contributed by atoms with van der Waals surface area (Å²) in [6, 6.07) is 14.6. The number of aromatic nitrogens is 3. The quantitative estimate of drug-likeness (QED) is 0.603. The molecule has 0 saturated heterocycles. The van der Waals surface area contributed by atoms with E-state index < -0.39 is 15.6 Å². The number of sulfonamides is 1. The smallest absolute Gasteiger partial charge is 0.241 e. The first kappa shape index (κ1) is 19.2. The molecule has 1 heterocycles. The van der Waals surface area contributed by atoms with Gasteiger partial charge in [-0.1, -0.05) is 42.5 Å². The number of rotatable bonds is 6. The number of aromatic amines is 1. The van der Waals surface area contributed by atoms with Gasteiger partial charge in [-0.05, 0) is 32.4 Å². The predicted octanol–water partition coefficient (Wildman–Crippen LogP) is 2.50. The summed E-state index contributed by atoms with van der Waals surface area (Å²) in [5.74, 6) is 1.02. The van der Waals surface area contributed by atoms with E-state index in [9.17, 15) is 13.5 Å². The van der Waals surface area contributed by atoms with E-state index in [0.717, 1.165) is 5.56 Å². The Hall–Kier alpha value is -2.55. The summed E-state index contributed by atoms with van der Waals surface area (Å²) in [7, 11) is -3.81. The lowest BCUT2D eigenvalue weighted by atomic mass is 10.1. The number of aryl methyl sites for hydroxylation is 1. The second-order valence-corrected chi connectivity index (χ2v) is 8.65. The van der Waals surface area contributed by atoms with Crippen LogP contribution in [0.15, 0.2) is 53.4 Å².